The van der Waals surface area contributed by atoms with Crippen LogP contribution in [0.15, 0.2) is 0 Å². The van der Waals surface area contributed by atoms with Crippen LogP contribution in [0.2, 0.25) is 0 Å². The Morgan fingerprint density at radius 1 is 1.38 bits per heavy atom. The average Bonchev–Trinajstić information content (AvgIpc) is 2.25. The molecule has 1 N–H and O–H groups in total. The van der Waals surface area contributed by atoms with E-state index in [4.69, 9.17) is 0 Å². The van der Waals surface area contributed by atoms with Gasteiger partial charge in [-0.1, -0.05) is 22.4 Å². The van der Waals surface area contributed by atoms with Crippen LogP contribution in [-0.4, -0.2) is 40.8 Å². The van der Waals surface area contributed by atoms with Gasteiger partial charge >= 0.3 is 0 Å². The minimum atomic E-state index is -0.464. The molecule has 1 saturated heterocycles. The van der Waals surface area contributed by atoms with E-state index in [0.717, 1.165) is 6.54 Å². The molecule has 0 aromatic carbocycles. The van der Waals surface area contributed by atoms with Crippen molar-refractivity contribution >= 4 is 21.8 Å². The summed E-state index contributed by atoms with van der Waals surface area (Å²) in [4.78, 5) is 14.1. The molecule has 1 aliphatic rings. The van der Waals surface area contributed by atoms with Crippen molar-refractivity contribution in [1.29, 1.82) is 0 Å². The van der Waals surface area contributed by atoms with Gasteiger partial charge in [0.05, 0.1) is 4.32 Å². The highest BCUT2D eigenvalue weighted by Crippen LogP contribution is 2.16. The first kappa shape index (κ1) is 14.0. The van der Waals surface area contributed by atoms with Gasteiger partial charge in [-0.15, -0.1) is 0 Å². The summed E-state index contributed by atoms with van der Waals surface area (Å²) in [6, 6.07) is 0.444. The van der Waals surface area contributed by atoms with Crippen LogP contribution in [0.4, 0.5) is 0 Å². The van der Waals surface area contributed by atoms with E-state index < -0.39 is 4.32 Å². The summed E-state index contributed by atoms with van der Waals surface area (Å²) in [6.07, 6.45) is 3.94. The van der Waals surface area contributed by atoms with Crippen molar-refractivity contribution < 1.29 is 4.79 Å². The highest BCUT2D eigenvalue weighted by atomic mass is 79.9. The Bertz CT molecular complexity index is 232. The van der Waals surface area contributed by atoms with Crippen LogP contribution in [0.3, 0.4) is 0 Å². The van der Waals surface area contributed by atoms with Gasteiger partial charge in [-0.25, -0.2) is 0 Å². The molecule has 0 radical (unpaired) electrons. The number of carbonyl (C=O) groups is 1. The van der Waals surface area contributed by atoms with E-state index in [2.05, 4.69) is 33.1 Å². The summed E-state index contributed by atoms with van der Waals surface area (Å²) in [6.45, 7) is 9.02. The smallest absolute Gasteiger partial charge is 0.236 e. The molecule has 1 atom stereocenters. The maximum atomic E-state index is 11.7. The molecule has 0 aromatic rings. The van der Waals surface area contributed by atoms with Gasteiger partial charge in [0, 0.05) is 12.6 Å². The molecular weight excluding hydrogens is 268 g/mol. The predicted molar refractivity (Wildman–Crippen MR) is 70.9 cm³/mol. The molecule has 1 unspecified atom stereocenters. The van der Waals surface area contributed by atoms with Crippen molar-refractivity contribution in [3.05, 3.63) is 0 Å². The normalized spacial score (nSPS) is 20.5. The third kappa shape index (κ3) is 4.42. The quantitative estimate of drug-likeness (QED) is 0.805. The van der Waals surface area contributed by atoms with Crippen LogP contribution in [0.5, 0.6) is 0 Å². The zero-order valence-electron chi connectivity index (χ0n) is 10.6. The van der Waals surface area contributed by atoms with E-state index in [9.17, 15) is 4.79 Å². The second kappa shape index (κ2) is 6.01. The molecule has 3 nitrogen and oxygen atoms in total. The molecule has 0 aromatic heterocycles. The van der Waals surface area contributed by atoms with E-state index in [-0.39, 0.29) is 5.91 Å². The average molecular weight is 291 g/mol. The molecule has 1 amide bonds. The number of nitrogens with zero attached hydrogens (tertiary/aromatic N) is 1. The Morgan fingerprint density at radius 2 is 1.94 bits per heavy atom. The highest BCUT2D eigenvalue weighted by molar-refractivity contribution is 9.10. The Kier molecular flexibility index (Phi) is 5.25. The summed E-state index contributed by atoms with van der Waals surface area (Å²) >= 11 is 3.36. The molecule has 0 aliphatic carbocycles. The van der Waals surface area contributed by atoms with Gasteiger partial charge < -0.3 is 5.32 Å². The van der Waals surface area contributed by atoms with Crippen molar-refractivity contribution in [2.45, 2.75) is 50.4 Å². The lowest BCUT2D eigenvalue weighted by molar-refractivity contribution is -0.122. The number of halogens is 1. The van der Waals surface area contributed by atoms with Crippen molar-refractivity contribution in [1.82, 2.24) is 10.2 Å². The number of hydrogen-bond acceptors (Lipinski definition) is 2. The zero-order valence-corrected chi connectivity index (χ0v) is 12.1. The number of nitrogens with one attached hydrogen (secondary N) is 1. The van der Waals surface area contributed by atoms with E-state index >= 15 is 0 Å². The van der Waals surface area contributed by atoms with Gasteiger partial charge in [0.25, 0.3) is 0 Å². The van der Waals surface area contributed by atoms with Crippen molar-refractivity contribution in [2.24, 2.45) is 0 Å². The molecular formula is C12H23BrN2O. The SMILES string of the molecule is CC(CNC(=O)C(C)(C)Br)N1CCCCC1. The van der Waals surface area contributed by atoms with E-state index in [0.29, 0.717) is 6.04 Å². The van der Waals surface area contributed by atoms with Gasteiger partial charge in [-0.2, -0.15) is 0 Å². The highest BCUT2D eigenvalue weighted by Gasteiger charge is 2.24. The first-order valence-corrected chi connectivity index (χ1v) is 6.92. The molecule has 0 spiro atoms. The number of rotatable bonds is 4. The summed E-state index contributed by atoms with van der Waals surface area (Å²) in [5.74, 6) is 0.0661. The molecule has 4 heteroatoms. The summed E-state index contributed by atoms with van der Waals surface area (Å²) in [5, 5.41) is 2.99. The molecule has 94 valence electrons. The predicted octanol–water partition coefficient (Wildman–Crippen LogP) is 2.15. The third-order valence-corrected chi connectivity index (χ3v) is 3.47. The Labute approximate surface area is 107 Å². The van der Waals surface area contributed by atoms with Crippen molar-refractivity contribution in [3.63, 3.8) is 0 Å². The molecule has 16 heavy (non-hydrogen) atoms. The van der Waals surface area contributed by atoms with E-state index in [1.54, 1.807) is 0 Å². The lowest BCUT2D eigenvalue weighted by Crippen LogP contribution is -2.47. The lowest BCUT2D eigenvalue weighted by Gasteiger charge is -2.32. The maximum absolute atomic E-state index is 11.7. The van der Waals surface area contributed by atoms with Crippen molar-refractivity contribution in [2.75, 3.05) is 19.6 Å². The molecule has 1 rings (SSSR count). The summed E-state index contributed by atoms with van der Waals surface area (Å²) in [7, 11) is 0. The van der Waals surface area contributed by atoms with Crippen LogP contribution in [0.1, 0.15) is 40.0 Å². The van der Waals surface area contributed by atoms with Crippen LogP contribution in [0.25, 0.3) is 0 Å². The fourth-order valence-electron chi connectivity index (χ4n) is 1.94. The van der Waals surface area contributed by atoms with Gasteiger partial charge in [-0.05, 0) is 46.7 Å². The third-order valence-electron chi connectivity index (χ3n) is 3.11. The molecule has 1 heterocycles. The van der Waals surface area contributed by atoms with Crippen LogP contribution in [-0.2, 0) is 4.79 Å². The molecule has 0 bridgehead atoms. The van der Waals surface area contributed by atoms with Crippen LogP contribution >= 0.6 is 15.9 Å². The van der Waals surface area contributed by atoms with Gasteiger partial charge in [-0.3, -0.25) is 9.69 Å². The standard InChI is InChI=1S/C12H23BrN2O/c1-10(15-7-5-4-6-8-15)9-14-11(16)12(2,3)13/h10H,4-9H2,1-3H3,(H,14,16). The number of piperidine rings is 1. The minimum absolute atomic E-state index is 0.0661. The topological polar surface area (TPSA) is 32.3 Å². The number of hydrogen-bond donors (Lipinski definition) is 1. The van der Waals surface area contributed by atoms with E-state index in [1.165, 1.54) is 32.4 Å². The van der Waals surface area contributed by atoms with Gasteiger partial charge in [0.2, 0.25) is 5.91 Å². The fraction of sp³-hybridized carbons (Fsp3) is 0.917. The second-order valence-electron chi connectivity index (χ2n) is 5.13. The van der Waals surface area contributed by atoms with E-state index in [1.807, 2.05) is 13.8 Å². The lowest BCUT2D eigenvalue weighted by atomic mass is 10.1. The number of amides is 1. The van der Waals surface area contributed by atoms with Crippen molar-refractivity contribution in [3.8, 4) is 0 Å². The monoisotopic (exact) mass is 290 g/mol. The number of likely N-dealkylation sites (tertiary alicyclic amines) is 1. The maximum Gasteiger partial charge on any atom is 0.236 e. The summed E-state index contributed by atoms with van der Waals surface area (Å²) < 4.78 is -0.464. The molecule has 1 fully saturated rings. The first-order chi connectivity index (χ1) is 7.41. The fourth-order valence-corrected chi connectivity index (χ4v) is 2.08. The summed E-state index contributed by atoms with van der Waals surface area (Å²) in [5.41, 5.74) is 0. The molecule has 1 aliphatic heterocycles. The molecule has 0 saturated carbocycles. The van der Waals surface area contributed by atoms with Crippen LogP contribution < -0.4 is 5.32 Å². The van der Waals surface area contributed by atoms with Gasteiger partial charge in [0.1, 0.15) is 0 Å². The zero-order chi connectivity index (χ0) is 12.2. The van der Waals surface area contributed by atoms with Gasteiger partial charge in [0.15, 0.2) is 0 Å². The Balaban J connectivity index is 2.29. The largest absolute Gasteiger partial charge is 0.353 e. The minimum Gasteiger partial charge on any atom is -0.353 e. The first-order valence-electron chi connectivity index (χ1n) is 6.12. The second-order valence-corrected chi connectivity index (χ2v) is 7.11. The van der Waals surface area contributed by atoms with Crippen LogP contribution in [0, 0.1) is 0 Å². The number of carbonyl (C=O) groups excluding carboxylic acids is 1. The number of alkyl halides is 1. The Morgan fingerprint density at radius 3 is 2.44 bits per heavy atom. The Hall–Kier alpha value is -0.0900.